The minimum Gasteiger partial charge on any atom is -0.387 e. The van der Waals surface area contributed by atoms with E-state index in [-0.39, 0.29) is 17.4 Å². The zero-order valence-corrected chi connectivity index (χ0v) is 12.9. The first-order chi connectivity index (χ1) is 9.44. The van der Waals surface area contributed by atoms with Crippen LogP contribution in [0.1, 0.15) is 55.6 Å². The van der Waals surface area contributed by atoms with E-state index in [0.717, 1.165) is 17.8 Å². The van der Waals surface area contributed by atoms with Crippen LogP contribution in [0.4, 0.5) is 5.69 Å². The van der Waals surface area contributed by atoms with Gasteiger partial charge < -0.3 is 10.6 Å². The Morgan fingerprint density at radius 1 is 1.40 bits per heavy atom. The normalized spacial score (nSPS) is 21.3. The van der Waals surface area contributed by atoms with Crippen molar-refractivity contribution >= 4 is 11.6 Å². The van der Waals surface area contributed by atoms with Gasteiger partial charge >= 0.3 is 0 Å². The van der Waals surface area contributed by atoms with Crippen molar-refractivity contribution in [2.24, 2.45) is 5.41 Å². The van der Waals surface area contributed by atoms with Gasteiger partial charge in [0.05, 0.1) is 11.3 Å². The number of pyridine rings is 1. The van der Waals surface area contributed by atoms with E-state index in [1.54, 1.807) is 6.20 Å². The van der Waals surface area contributed by atoms with Crippen LogP contribution in [-0.4, -0.2) is 24.0 Å². The van der Waals surface area contributed by atoms with Gasteiger partial charge in [-0.05, 0) is 31.2 Å². The van der Waals surface area contributed by atoms with Crippen molar-refractivity contribution in [1.29, 1.82) is 0 Å². The number of nitrogens with zero attached hydrogens (tertiary/aromatic N) is 1. The molecule has 0 spiro atoms. The van der Waals surface area contributed by atoms with Gasteiger partial charge in [0, 0.05) is 25.0 Å². The summed E-state index contributed by atoms with van der Waals surface area (Å²) in [6.07, 6.45) is 6.34. The lowest BCUT2D eigenvalue weighted by Crippen LogP contribution is -2.46. The van der Waals surface area contributed by atoms with Crippen LogP contribution >= 0.6 is 0 Å². The first-order valence-corrected chi connectivity index (χ1v) is 7.39. The summed E-state index contributed by atoms with van der Waals surface area (Å²) in [6.45, 7) is 6.40. The van der Waals surface area contributed by atoms with Gasteiger partial charge in [-0.2, -0.15) is 0 Å². The van der Waals surface area contributed by atoms with E-state index >= 15 is 0 Å². The van der Waals surface area contributed by atoms with Gasteiger partial charge in [-0.25, -0.2) is 0 Å². The summed E-state index contributed by atoms with van der Waals surface area (Å²) >= 11 is 0. The zero-order chi connectivity index (χ0) is 14.8. The van der Waals surface area contributed by atoms with Gasteiger partial charge in [0.1, 0.15) is 0 Å². The largest absolute Gasteiger partial charge is 0.387 e. The Morgan fingerprint density at radius 3 is 2.80 bits per heavy atom. The standard InChI is InChI=1S/C16H25N3O/c1-11-9-13(17-4)12(10-18-11)15(20)19-14-7-5-6-8-16(14,2)3/h9-10,14H,5-8H2,1-4H3,(H,17,18)(H,19,20). The van der Waals surface area contributed by atoms with Crippen molar-refractivity contribution < 1.29 is 4.79 Å². The van der Waals surface area contributed by atoms with Crippen LogP contribution in [0.25, 0.3) is 0 Å². The summed E-state index contributed by atoms with van der Waals surface area (Å²) in [5.74, 6) is -0.0261. The summed E-state index contributed by atoms with van der Waals surface area (Å²) in [6, 6.07) is 2.15. The van der Waals surface area contributed by atoms with Crippen molar-refractivity contribution in [3.8, 4) is 0 Å². The molecule has 110 valence electrons. The smallest absolute Gasteiger partial charge is 0.255 e. The zero-order valence-electron chi connectivity index (χ0n) is 12.9. The lowest BCUT2D eigenvalue weighted by molar-refractivity contribution is 0.0854. The minimum atomic E-state index is -0.0261. The second-order valence-electron chi connectivity index (χ2n) is 6.38. The summed E-state index contributed by atoms with van der Waals surface area (Å²) in [4.78, 5) is 16.7. The fraction of sp³-hybridized carbons (Fsp3) is 0.625. The van der Waals surface area contributed by atoms with Gasteiger partial charge in [0.25, 0.3) is 5.91 Å². The number of anilines is 1. The number of hydrogen-bond acceptors (Lipinski definition) is 3. The molecule has 4 heteroatoms. The molecule has 0 saturated heterocycles. The molecule has 4 nitrogen and oxygen atoms in total. The van der Waals surface area contributed by atoms with Crippen LogP contribution in [0.2, 0.25) is 0 Å². The number of carbonyl (C=O) groups is 1. The summed E-state index contributed by atoms with van der Waals surface area (Å²) < 4.78 is 0. The van der Waals surface area contributed by atoms with Crippen LogP contribution in [0.15, 0.2) is 12.3 Å². The Labute approximate surface area is 121 Å². The monoisotopic (exact) mass is 275 g/mol. The molecule has 1 heterocycles. The fourth-order valence-electron chi connectivity index (χ4n) is 2.95. The molecule has 0 radical (unpaired) electrons. The second kappa shape index (κ2) is 5.81. The van der Waals surface area contributed by atoms with Crippen LogP contribution in [0.5, 0.6) is 0 Å². The van der Waals surface area contributed by atoms with Crippen molar-refractivity contribution in [3.05, 3.63) is 23.5 Å². The first-order valence-electron chi connectivity index (χ1n) is 7.39. The molecule has 2 N–H and O–H groups in total. The summed E-state index contributed by atoms with van der Waals surface area (Å²) in [5, 5.41) is 6.28. The molecule has 1 aliphatic carbocycles. The number of hydrogen-bond donors (Lipinski definition) is 2. The third-order valence-corrected chi connectivity index (χ3v) is 4.37. The van der Waals surface area contributed by atoms with Crippen LogP contribution in [0, 0.1) is 12.3 Å². The molecule has 1 unspecified atom stereocenters. The van der Waals surface area contributed by atoms with Crippen molar-refractivity contribution in [1.82, 2.24) is 10.3 Å². The Balaban J connectivity index is 2.16. The Morgan fingerprint density at radius 2 is 2.15 bits per heavy atom. The molecule has 1 aromatic heterocycles. The highest BCUT2D eigenvalue weighted by atomic mass is 16.1. The summed E-state index contributed by atoms with van der Waals surface area (Å²) in [7, 11) is 1.83. The van der Waals surface area contributed by atoms with Crippen molar-refractivity contribution in [2.75, 3.05) is 12.4 Å². The van der Waals surface area contributed by atoms with Crippen LogP contribution in [-0.2, 0) is 0 Å². The molecular formula is C16H25N3O. The Hall–Kier alpha value is -1.58. The van der Waals surface area contributed by atoms with E-state index in [9.17, 15) is 4.79 Å². The highest BCUT2D eigenvalue weighted by Crippen LogP contribution is 2.35. The first kappa shape index (κ1) is 14.8. The predicted molar refractivity (Wildman–Crippen MR) is 82.0 cm³/mol. The van der Waals surface area contributed by atoms with Crippen molar-refractivity contribution in [3.63, 3.8) is 0 Å². The Kier molecular flexibility index (Phi) is 4.31. The maximum absolute atomic E-state index is 12.5. The maximum Gasteiger partial charge on any atom is 0.255 e. The van der Waals surface area contributed by atoms with Gasteiger partial charge in [-0.3, -0.25) is 9.78 Å². The topological polar surface area (TPSA) is 54.0 Å². The number of nitrogens with one attached hydrogen (secondary N) is 2. The fourth-order valence-corrected chi connectivity index (χ4v) is 2.95. The van der Waals surface area contributed by atoms with E-state index in [0.29, 0.717) is 5.56 Å². The van der Waals surface area contributed by atoms with E-state index in [1.807, 2.05) is 20.0 Å². The highest BCUT2D eigenvalue weighted by Gasteiger charge is 2.33. The predicted octanol–water partition coefficient (Wildman–Crippen LogP) is 3.13. The molecule has 2 rings (SSSR count). The number of rotatable bonds is 3. The van der Waals surface area contributed by atoms with Crippen LogP contribution in [0.3, 0.4) is 0 Å². The van der Waals surface area contributed by atoms with E-state index in [1.165, 1.54) is 19.3 Å². The molecule has 1 aliphatic rings. The minimum absolute atomic E-state index is 0.0261. The molecule has 1 saturated carbocycles. The molecule has 0 aromatic carbocycles. The third kappa shape index (κ3) is 3.11. The number of aromatic nitrogens is 1. The quantitative estimate of drug-likeness (QED) is 0.891. The number of aryl methyl sites for hydroxylation is 1. The maximum atomic E-state index is 12.5. The van der Waals surface area contributed by atoms with Crippen LogP contribution < -0.4 is 10.6 Å². The number of amides is 1. The van der Waals surface area contributed by atoms with Gasteiger partial charge in [-0.1, -0.05) is 26.7 Å². The third-order valence-electron chi connectivity index (χ3n) is 4.37. The van der Waals surface area contributed by atoms with Gasteiger partial charge in [-0.15, -0.1) is 0 Å². The lowest BCUT2D eigenvalue weighted by atomic mass is 9.73. The molecule has 1 aromatic rings. The molecule has 1 amide bonds. The van der Waals surface area contributed by atoms with E-state index < -0.39 is 0 Å². The average Bonchev–Trinajstić information content (AvgIpc) is 2.40. The van der Waals surface area contributed by atoms with E-state index in [4.69, 9.17) is 0 Å². The summed E-state index contributed by atoms with van der Waals surface area (Å²) in [5.41, 5.74) is 2.54. The highest BCUT2D eigenvalue weighted by molar-refractivity contribution is 5.99. The average molecular weight is 275 g/mol. The van der Waals surface area contributed by atoms with E-state index in [2.05, 4.69) is 29.5 Å². The molecular weight excluding hydrogens is 250 g/mol. The molecule has 0 aliphatic heterocycles. The lowest BCUT2D eigenvalue weighted by Gasteiger charge is -2.39. The molecule has 1 fully saturated rings. The SMILES string of the molecule is CNc1cc(C)ncc1C(=O)NC1CCCCC1(C)C. The second-order valence-corrected chi connectivity index (χ2v) is 6.38. The number of carbonyl (C=O) groups excluding carboxylic acids is 1. The van der Waals surface area contributed by atoms with Gasteiger partial charge in [0.15, 0.2) is 0 Å². The molecule has 20 heavy (non-hydrogen) atoms. The molecule has 1 atom stereocenters. The van der Waals surface area contributed by atoms with Crippen molar-refractivity contribution in [2.45, 2.75) is 52.5 Å². The molecule has 0 bridgehead atoms. The van der Waals surface area contributed by atoms with Gasteiger partial charge in [0.2, 0.25) is 0 Å². The Bertz CT molecular complexity index is 496.